The van der Waals surface area contributed by atoms with Gasteiger partial charge in [0.25, 0.3) is 0 Å². The van der Waals surface area contributed by atoms with Crippen molar-refractivity contribution in [2.75, 3.05) is 26.2 Å². The molecular formula is C16H32B2N2O. The SMILES string of the molecule is BN1CCCC(CC2CCC(CC3CCCN(B)C3)O2)C1. The zero-order valence-corrected chi connectivity index (χ0v) is 14.1. The molecule has 0 saturated carbocycles. The molecule has 0 N–H and O–H groups in total. The second-order valence-electron chi connectivity index (χ2n) is 7.97. The van der Waals surface area contributed by atoms with Gasteiger partial charge in [-0.1, -0.05) is 0 Å². The molecule has 0 aromatic rings. The molecule has 3 aliphatic rings. The minimum atomic E-state index is 0.563. The van der Waals surface area contributed by atoms with Crippen LogP contribution in [0.2, 0.25) is 0 Å². The van der Waals surface area contributed by atoms with Crippen LogP contribution in [-0.2, 0) is 4.74 Å². The van der Waals surface area contributed by atoms with E-state index in [1.54, 1.807) is 0 Å². The maximum atomic E-state index is 6.40. The number of nitrogens with zero attached hydrogens (tertiary/aromatic N) is 2. The molecule has 3 heterocycles. The van der Waals surface area contributed by atoms with Gasteiger partial charge in [0.2, 0.25) is 0 Å². The van der Waals surface area contributed by atoms with Crippen molar-refractivity contribution in [1.29, 1.82) is 0 Å². The normalized spacial score (nSPS) is 39.6. The third-order valence-electron chi connectivity index (χ3n) is 5.83. The highest BCUT2D eigenvalue weighted by Gasteiger charge is 2.31. The standard InChI is InChI=1S/C16H32B2N2O/c17-19-7-1-3-13(11-19)9-15-5-6-16(21-15)10-14-4-2-8-20(18)12-14/h13-16H,1-12,17-18H2. The summed E-state index contributed by atoms with van der Waals surface area (Å²) in [4.78, 5) is 5.00. The summed E-state index contributed by atoms with van der Waals surface area (Å²) >= 11 is 0. The monoisotopic (exact) mass is 290 g/mol. The fraction of sp³-hybridized carbons (Fsp3) is 1.00. The molecule has 21 heavy (non-hydrogen) atoms. The molecule has 3 nitrogen and oxygen atoms in total. The number of ether oxygens (including phenoxy) is 1. The molecule has 0 spiro atoms. The molecule has 0 amide bonds. The molecule has 118 valence electrons. The van der Waals surface area contributed by atoms with Crippen LogP contribution in [0.4, 0.5) is 0 Å². The Morgan fingerprint density at radius 2 is 1.24 bits per heavy atom. The van der Waals surface area contributed by atoms with E-state index in [4.69, 9.17) is 4.74 Å². The Hall–Kier alpha value is 0.00987. The van der Waals surface area contributed by atoms with Gasteiger partial charge >= 0.3 is 0 Å². The molecule has 3 rings (SSSR count). The van der Waals surface area contributed by atoms with E-state index in [1.165, 1.54) is 77.5 Å². The highest BCUT2D eigenvalue weighted by molar-refractivity contribution is 6.04. The predicted molar refractivity (Wildman–Crippen MR) is 92.8 cm³/mol. The first-order chi connectivity index (χ1) is 10.2. The van der Waals surface area contributed by atoms with Crippen LogP contribution in [0.25, 0.3) is 0 Å². The lowest BCUT2D eigenvalue weighted by Crippen LogP contribution is -2.35. The highest BCUT2D eigenvalue weighted by atomic mass is 16.5. The lowest BCUT2D eigenvalue weighted by Gasteiger charge is -2.32. The summed E-state index contributed by atoms with van der Waals surface area (Å²) in [7, 11) is 4.54. The fourth-order valence-corrected chi connectivity index (χ4v) is 4.80. The van der Waals surface area contributed by atoms with Gasteiger partial charge in [-0.15, -0.1) is 0 Å². The summed E-state index contributed by atoms with van der Waals surface area (Å²) in [6.07, 6.45) is 12.0. The molecule has 5 heteroatoms. The zero-order chi connectivity index (χ0) is 14.7. The number of hydrogen-bond acceptors (Lipinski definition) is 3. The van der Waals surface area contributed by atoms with Crippen LogP contribution >= 0.6 is 0 Å². The quantitative estimate of drug-likeness (QED) is 0.713. The summed E-state index contributed by atoms with van der Waals surface area (Å²) in [5.74, 6) is 1.77. The Morgan fingerprint density at radius 3 is 1.67 bits per heavy atom. The van der Waals surface area contributed by atoms with Crippen molar-refractivity contribution in [3.05, 3.63) is 0 Å². The van der Waals surface area contributed by atoms with Gasteiger partial charge in [0.05, 0.1) is 12.2 Å². The van der Waals surface area contributed by atoms with Gasteiger partial charge in [0, 0.05) is 0 Å². The first-order valence-corrected chi connectivity index (χ1v) is 9.21. The lowest BCUT2D eigenvalue weighted by molar-refractivity contribution is 0.0109. The average Bonchev–Trinajstić information content (AvgIpc) is 2.86. The van der Waals surface area contributed by atoms with Crippen LogP contribution < -0.4 is 0 Å². The van der Waals surface area contributed by atoms with Gasteiger partial charge in [-0.3, -0.25) is 0 Å². The molecule has 3 saturated heterocycles. The largest absolute Gasteiger partial charge is 0.375 e. The first kappa shape index (κ1) is 15.9. The van der Waals surface area contributed by atoms with Crippen LogP contribution in [0, 0.1) is 11.8 Å². The van der Waals surface area contributed by atoms with Crippen LogP contribution in [0.15, 0.2) is 0 Å². The summed E-state index contributed by atoms with van der Waals surface area (Å²) in [6.45, 7) is 5.16. The van der Waals surface area contributed by atoms with Gasteiger partial charge < -0.3 is 14.4 Å². The molecule has 3 aliphatic heterocycles. The van der Waals surface area contributed by atoms with Crippen molar-refractivity contribution in [1.82, 2.24) is 9.62 Å². The van der Waals surface area contributed by atoms with Crippen molar-refractivity contribution >= 4 is 16.0 Å². The third kappa shape index (κ3) is 4.74. The van der Waals surface area contributed by atoms with Crippen LogP contribution in [-0.4, -0.2) is 64.0 Å². The molecule has 4 unspecified atom stereocenters. The summed E-state index contributed by atoms with van der Waals surface area (Å²) in [5, 5.41) is 0. The number of rotatable bonds is 4. The van der Waals surface area contributed by atoms with Crippen LogP contribution in [0.5, 0.6) is 0 Å². The van der Waals surface area contributed by atoms with E-state index in [1.807, 2.05) is 0 Å². The van der Waals surface area contributed by atoms with Crippen molar-refractivity contribution < 1.29 is 4.74 Å². The van der Waals surface area contributed by atoms with Gasteiger partial charge in [0.1, 0.15) is 0 Å². The molecule has 0 aromatic carbocycles. The van der Waals surface area contributed by atoms with Crippen molar-refractivity contribution in [3.8, 4) is 0 Å². The van der Waals surface area contributed by atoms with Gasteiger partial charge in [-0.2, -0.15) is 0 Å². The Bertz CT molecular complexity index is 301. The molecule has 0 aromatic heterocycles. The smallest absolute Gasteiger partial charge is 0.185 e. The van der Waals surface area contributed by atoms with E-state index < -0.39 is 0 Å². The van der Waals surface area contributed by atoms with Crippen LogP contribution in [0.1, 0.15) is 51.4 Å². The predicted octanol–water partition coefficient (Wildman–Crippen LogP) is 0.834. The van der Waals surface area contributed by atoms with Crippen molar-refractivity contribution in [3.63, 3.8) is 0 Å². The average molecular weight is 290 g/mol. The minimum Gasteiger partial charge on any atom is -0.375 e. The summed E-state index contributed by atoms with van der Waals surface area (Å²) in [5.41, 5.74) is 0. The Labute approximate surface area is 132 Å². The highest BCUT2D eigenvalue weighted by Crippen LogP contribution is 2.32. The van der Waals surface area contributed by atoms with Gasteiger partial charge in [-0.05, 0) is 89.4 Å². The van der Waals surface area contributed by atoms with E-state index >= 15 is 0 Å². The third-order valence-corrected chi connectivity index (χ3v) is 5.83. The van der Waals surface area contributed by atoms with E-state index in [0.29, 0.717) is 12.2 Å². The molecule has 0 aliphatic carbocycles. The molecule has 3 fully saturated rings. The summed E-state index contributed by atoms with van der Waals surface area (Å²) < 4.78 is 6.40. The zero-order valence-electron chi connectivity index (χ0n) is 14.1. The Kier molecular flexibility index (Phi) is 5.69. The molecule has 4 atom stereocenters. The maximum Gasteiger partial charge on any atom is 0.185 e. The maximum absolute atomic E-state index is 6.40. The van der Waals surface area contributed by atoms with E-state index in [-0.39, 0.29) is 0 Å². The number of hydrogen-bond donors (Lipinski definition) is 0. The Balaban J connectivity index is 1.38. The topological polar surface area (TPSA) is 15.7 Å². The second-order valence-corrected chi connectivity index (χ2v) is 7.97. The van der Waals surface area contributed by atoms with Gasteiger partial charge in [-0.25, -0.2) is 0 Å². The fourth-order valence-electron chi connectivity index (χ4n) is 4.80. The number of piperidine rings is 2. The van der Waals surface area contributed by atoms with E-state index in [2.05, 4.69) is 25.6 Å². The van der Waals surface area contributed by atoms with Crippen molar-refractivity contribution in [2.45, 2.75) is 63.6 Å². The Morgan fingerprint density at radius 1 is 0.762 bits per heavy atom. The van der Waals surface area contributed by atoms with Crippen LogP contribution in [0.3, 0.4) is 0 Å². The molecular weight excluding hydrogens is 258 g/mol. The van der Waals surface area contributed by atoms with E-state index in [9.17, 15) is 0 Å². The second kappa shape index (κ2) is 7.52. The minimum absolute atomic E-state index is 0.563. The van der Waals surface area contributed by atoms with Crippen molar-refractivity contribution in [2.24, 2.45) is 11.8 Å². The summed E-state index contributed by atoms with van der Waals surface area (Å²) in [6, 6.07) is 0. The molecule has 0 radical (unpaired) electrons. The van der Waals surface area contributed by atoms with Gasteiger partial charge in [0.15, 0.2) is 16.0 Å². The van der Waals surface area contributed by atoms with E-state index in [0.717, 1.165) is 11.8 Å². The first-order valence-electron chi connectivity index (χ1n) is 9.21. The molecule has 0 bridgehead atoms. The lowest BCUT2D eigenvalue weighted by atomic mass is 9.89.